The summed E-state index contributed by atoms with van der Waals surface area (Å²) >= 11 is 0. The second kappa shape index (κ2) is 8.43. The Morgan fingerprint density at radius 1 is 0.812 bits per heavy atom. The highest BCUT2D eigenvalue weighted by Gasteiger charge is 2.30. The van der Waals surface area contributed by atoms with Crippen LogP contribution < -0.4 is 15.1 Å². The van der Waals surface area contributed by atoms with Crippen molar-refractivity contribution >= 4 is 34.6 Å². The van der Waals surface area contributed by atoms with Crippen molar-refractivity contribution in [2.75, 3.05) is 47.8 Å². The summed E-state index contributed by atoms with van der Waals surface area (Å²) in [5, 5.41) is 2.91. The van der Waals surface area contributed by atoms with E-state index in [-0.39, 0.29) is 24.2 Å². The first-order valence-electron chi connectivity index (χ1n) is 10.7. The van der Waals surface area contributed by atoms with E-state index < -0.39 is 0 Å². The molecule has 2 heterocycles. The van der Waals surface area contributed by atoms with Crippen molar-refractivity contribution in [3.05, 3.63) is 84.2 Å². The van der Waals surface area contributed by atoms with E-state index in [4.69, 9.17) is 0 Å². The Hall–Kier alpha value is -3.71. The van der Waals surface area contributed by atoms with Crippen molar-refractivity contribution in [2.24, 2.45) is 0 Å². The predicted octanol–water partition coefficient (Wildman–Crippen LogP) is 3.88. The molecule has 162 valence electrons. The molecule has 1 saturated heterocycles. The van der Waals surface area contributed by atoms with E-state index in [1.807, 2.05) is 35.2 Å². The van der Waals surface area contributed by atoms with Gasteiger partial charge in [-0.05, 0) is 36.4 Å². The molecule has 32 heavy (non-hydrogen) atoms. The number of carbonyl (C=O) groups is 2. The lowest BCUT2D eigenvalue weighted by Crippen LogP contribution is -2.50. The van der Waals surface area contributed by atoms with Gasteiger partial charge in [0.2, 0.25) is 5.91 Å². The van der Waals surface area contributed by atoms with Gasteiger partial charge in [-0.25, -0.2) is 4.39 Å². The lowest BCUT2D eigenvalue weighted by Gasteiger charge is -2.36. The molecule has 7 heteroatoms. The molecule has 2 aliphatic heterocycles. The lowest BCUT2D eigenvalue weighted by atomic mass is 10.1. The van der Waals surface area contributed by atoms with Crippen molar-refractivity contribution in [1.82, 2.24) is 4.90 Å². The number of fused-ring (bicyclic) bond motifs is 2. The van der Waals surface area contributed by atoms with Gasteiger partial charge in [0.1, 0.15) is 5.82 Å². The van der Waals surface area contributed by atoms with Crippen LogP contribution in [0.2, 0.25) is 0 Å². The van der Waals surface area contributed by atoms with Crippen LogP contribution in [0.5, 0.6) is 0 Å². The van der Waals surface area contributed by atoms with Gasteiger partial charge in [-0.3, -0.25) is 19.4 Å². The average molecular weight is 430 g/mol. The fourth-order valence-corrected chi connectivity index (χ4v) is 4.34. The number of piperazine rings is 1. The van der Waals surface area contributed by atoms with Crippen LogP contribution in [-0.2, 0) is 4.79 Å². The van der Waals surface area contributed by atoms with Crippen molar-refractivity contribution in [3.8, 4) is 0 Å². The predicted molar refractivity (Wildman–Crippen MR) is 123 cm³/mol. The second-order valence-corrected chi connectivity index (χ2v) is 7.93. The van der Waals surface area contributed by atoms with Gasteiger partial charge < -0.3 is 10.2 Å². The molecule has 0 saturated carbocycles. The molecular weight excluding hydrogens is 407 g/mol. The van der Waals surface area contributed by atoms with E-state index >= 15 is 0 Å². The third-order valence-electron chi connectivity index (χ3n) is 5.96. The Bertz CT molecular complexity index is 1170. The molecule has 0 spiro atoms. The number of benzene rings is 3. The zero-order chi connectivity index (χ0) is 22.1. The standard InChI is InChI=1S/C25H23FN4O2/c26-19-8-2-5-11-22(19)29-15-13-28(14-16-29)17-24(31)30-21-10-4-1-7-18(21)25(32)27-20-9-3-6-12-23(20)30/h1-12H,13-17H2,(H,27,32). The van der Waals surface area contributed by atoms with Crippen LogP contribution in [0.25, 0.3) is 0 Å². The highest BCUT2D eigenvalue weighted by molar-refractivity contribution is 6.17. The van der Waals surface area contributed by atoms with E-state index in [9.17, 15) is 14.0 Å². The summed E-state index contributed by atoms with van der Waals surface area (Å²) in [6, 6.07) is 21.2. The van der Waals surface area contributed by atoms with E-state index in [1.54, 1.807) is 41.3 Å². The minimum absolute atomic E-state index is 0.110. The van der Waals surface area contributed by atoms with Crippen molar-refractivity contribution in [1.29, 1.82) is 0 Å². The summed E-state index contributed by atoms with van der Waals surface area (Å²) in [5.41, 5.74) is 2.89. The molecular formula is C25H23FN4O2. The number of hydrogen-bond donors (Lipinski definition) is 1. The van der Waals surface area contributed by atoms with Gasteiger partial charge in [-0.1, -0.05) is 36.4 Å². The monoisotopic (exact) mass is 430 g/mol. The maximum absolute atomic E-state index is 14.1. The Balaban J connectivity index is 1.37. The van der Waals surface area contributed by atoms with E-state index in [2.05, 4.69) is 10.2 Å². The van der Waals surface area contributed by atoms with E-state index in [0.29, 0.717) is 54.5 Å². The molecule has 0 radical (unpaired) electrons. The molecule has 0 aliphatic carbocycles. The van der Waals surface area contributed by atoms with Gasteiger partial charge in [0.25, 0.3) is 5.91 Å². The van der Waals surface area contributed by atoms with E-state index in [1.165, 1.54) is 6.07 Å². The normalized spacial score (nSPS) is 16.1. The van der Waals surface area contributed by atoms with Crippen molar-refractivity contribution in [3.63, 3.8) is 0 Å². The molecule has 0 bridgehead atoms. The lowest BCUT2D eigenvalue weighted by molar-refractivity contribution is -0.119. The number of carbonyl (C=O) groups excluding carboxylic acids is 2. The Labute approximate surface area is 185 Å². The molecule has 3 aromatic carbocycles. The van der Waals surface area contributed by atoms with Crippen molar-refractivity contribution < 1.29 is 14.0 Å². The average Bonchev–Trinajstić information content (AvgIpc) is 2.94. The first-order valence-corrected chi connectivity index (χ1v) is 10.7. The first-order chi connectivity index (χ1) is 15.6. The molecule has 0 atom stereocenters. The highest BCUT2D eigenvalue weighted by atomic mass is 19.1. The number of amides is 2. The molecule has 3 aromatic rings. The van der Waals surface area contributed by atoms with Gasteiger partial charge in [0, 0.05) is 26.2 Å². The van der Waals surface area contributed by atoms with E-state index in [0.717, 1.165) is 0 Å². The minimum Gasteiger partial charge on any atom is -0.367 e. The number of rotatable bonds is 3. The fraction of sp³-hybridized carbons (Fsp3) is 0.200. The molecule has 2 amide bonds. The van der Waals surface area contributed by atoms with Gasteiger partial charge >= 0.3 is 0 Å². The molecule has 2 aliphatic rings. The van der Waals surface area contributed by atoms with Gasteiger partial charge in [0.15, 0.2) is 0 Å². The Kier molecular flexibility index (Phi) is 5.33. The molecule has 6 nitrogen and oxygen atoms in total. The quantitative estimate of drug-likeness (QED) is 0.685. The topological polar surface area (TPSA) is 55.9 Å². The van der Waals surface area contributed by atoms with Crippen LogP contribution in [-0.4, -0.2) is 49.4 Å². The summed E-state index contributed by atoms with van der Waals surface area (Å²) in [6.45, 7) is 2.79. The number of para-hydroxylation sites is 4. The molecule has 5 rings (SSSR count). The third-order valence-corrected chi connectivity index (χ3v) is 5.96. The van der Waals surface area contributed by atoms with Gasteiger partial charge in [0.05, 0.1) is 34.9 Å². The zero-order valence-electron chi connectivity index (χ0n) is 17.5. The van der Waals surface area contributed by atoms with Crippen LogP contribution in [0.4, 0.5) is 27.1 Å². The summed E-state index contributed by atoms with van der Waals surface area (Å²) in [7, 11) is 0. The maximum Gasteiger partial charge on any atom is 0.257 e. The third kappa shape index (κ3) is 3.71. The molecule has 0 aromatic heterocycles. The summed E-state index contributed by atoms with van der Waals surface area (Å²) < 4.78 is 14.1. The first kappa shape index (κ1) is 20.2. The van der Waals surface area contributed by atoms with Crippen LogP contribution >= 0.6 is 0 Å². The summed E-state index contributed by atoms with van der Waals surface area (Å²) in [5.74, 6) is -0.574. The fourth-order valence-electron chi connectivity index (χ4n) is 4.34. The number of nitrogens with zero attached hydrogens (tertiary/aromatic N) is 3. The van der Waals surface area contributed by atoms with Gasteiger partial charge in [-0.15, -0.1) is 0 Å². The van der Waals surface area contributed by atoms with Crippen LogP contribution in [0.3, 0.4) is 0 Å². The Morgan fingerprint density at radius 3 is 2.19 bits per heavy atom. The molecule has 1 N–H and O–H groups in total. The van der Waals surface area contributed by atoms with Gasteiger partial charge in [-0.2, -0.15) is 0 Å². The summed E-state index contributed by atoms with van der Waals surface area (Å²) in [6.07, 6.45) is 0. The van der Waals surface area contributed by atoms with Crippen LogP contribution in [0.1, 0.15) is 10.4 Å². The second-order valence-electron chi connectivity index (χ2n) is 7.93. The Morgan fingerprint density at radius 2 is 1.44 bits per heavy atom. The number of anilines is 4. The highest BCUT2D eigenvalue weighted by Crippen LogP contribution is 2.37. The summed E-state index contributed by atoms with van der Waals surface area (Å²) in [4.78, 5) is 32.0. The molecule has 1 fully saturated rings. The number of nitrogens with one attached hydrogen (secondary N) is 1. The van der Waals surface area contributed by atoms with Crippen LogP contribution in [0.15, 0.2) is 72.8 Å². The minimum atomic E-state index is -0.234. The largest absolute Gasteiger partial charge is 0.367 e. The zero-order valence-corrected chi connectivity index (χ0v) is 17.5. The number of halogens is 1. The SMILES string of the molecule is O=C1Nc2ccccc2N(C(=O)CN2CCN(c3ccccc3F)CC2)c2ccccc21. The van der Waals surface area contributed by atoms with Crippen LogP contribution in [0, 0.1) is 5.82 Å². The molecule has 0 unspecified atom stereocenters. The smallest absolute Gasteiger partial charge is 0.257 e. The number of hydrogen-bond acceptors (Lipinski definition) is 4. The van der Waals surface area contributed by atoms with Crippen molar-refractivity contribution in [2.45, 2.75) is 0 Å². The maximum atomic E-state index is 14.1.